The Balaban J connectivity index is 1.49. The Morgan fingerprint density at radius 3 is 2.18 bits per heavy atom. The van der Waals surface area contributed by atoms with E-state index in [1.807, 2.05) is 6.07 Å². The average Bonchev–Trinajstić information content (AvgIpc) is 3.42. The van der Waals surface area contributed by atoms with Crippen molar-refractivity contribution in [1.29, 1.82) is 0 Å². The van der Waals surface area contributed by atoms with E-state index in [9.17, 15) is 0 Å². The minimum absolute atomic E-state index is 0.0696. The molecule has 0 amide bonds. The molecule has 39 heavy (non-hydrogen) atoms. The summed E-state index contributed by atoms with van der Waals surface area (Å²) in [6, 6.07) is 30.1. The molecule has 0 bridgehead atoms. The third kappa shape index (κ3) is 5.68. The van der Waals surface area contributed by atoms with E-state index < -0.39 is 0 Å². The first-order chi connectivity index (χ1) is 19.1. The second-order valence-electron chi connectivity index (χ2n) is 9.85. The molecule has 1 aliphatic rings. The molecule has 0 fully saturated rings. The van der Waals surface area contributed by atoms with Gasteiger partial charge < -0.3 is 9.80 Å². The van der Waals surface area contributed by atoms with Crippen LogP contribution in [0.5, 0.6) is 0 Å². The molecule has 5 heteroatoms. The Hall–Kier alpha value is -4.12. The number of hydrazone groups is 1. The standard InChI is InChI=1S/C34H39N5/c1-5-37(6-2)29-22-18-26(19-23-29)17-21-28-25-33(30-14-10-12-16-32(30)38(7-3)8-4)39(36-28)34-24-20-27-13-9-11-15-31(27)35-34/h9-24,33H,5-8,25H2,1-4H3. The van der Waals surface area contributed by atoms with Crippen LogP contribution in [0.4, 0.5) is 17.2 Å². The molecule has 2 heterocycles. The largest absolute Gasteiger partial charge is 0.372 e. The first-order valence-electron chi connectivity index (χ1n) is 14.2. The molecular formula is C34H39N5. The lowest BCUT2D eigenvalue weighted by atomic mass is 9.98. The molecule has 5 rings (SSSR count). The van der Waals surface area contributed by atoms with Gasteiger partial charge in [0.25, 0.3) is 0 Å². The van der Waals surface area contributed by atoms with Gasteiger partial charge in [0.1, 0.15) is 5.82 Å². The zero-order chi connectivity index (χ0) is 27.2. The zero-order valence-electron chi connectivity index (χ0n) is 23.6. The highest BCUT2D eigenvalue weighted by atomic mass is 15.5. The number of anilines is 3. The number of pyridine rings is 1. The van der Waals surface area contributed by atoms with Crippen molar-refractivity contribution in [1.82, 2.24) is 4.98 Å². The van der Waals surface area contributed by atoms with Crippen LogP contribution in [0, 0.1) is 0 Å². The van der Waals surface area contributed by atoms with Gasteiger partial charge in [-0.25, -0.2) is 9.99 Å². The summed E-state index contributed by atoms with van der Waals surface area (Å²) in [5.41, 5.74) is 7.03. The maximum absolute atomic E-state index is 5.14. The number of allylic oxidation sites excluding steroid dienone is 1. The number of benzene rings is 3. The van der Waals surface area contributed by atoms with Crippen molar-refractivity contribution in [3.63, 3.8) is 0 Å². The SMILES string of the molecule is CCN(CC)c1ccc(C=CC2=NN(c3ccc4ccccc4n3)C(c3ccccc3N(CC)CC)C2)cc1. The number of hydrogen-bond acceptors (Lipinski definition) is 5. The van der Waals surface area contributed by atoms with Gasteiger partial charge in [0.15, 0.2) is 0 Å². The molecule has 1 unspecified atom stereocenters. The van der Waals surface area contributed by atoms with Gasteiger partial charge in [-0.1, -0.05) is 54.6 Å². The molecule has 4 aromatic rings. The lowest BCUT2D eigenvalue weighted by Gasteiger charge is -2.30. The van der Waals surface area contributed by atoms with E-state index in [0.717, 1.165) is 55.0 Å². The van der Waals surface area contributed by atoms with Crippen LogP contribution in [-0.4, -0.2) is 36.9 Å². The number of para-hydroxylation sites is 2. The van der Waals surface area contributed by atoms with E-state index in [4.69, 9.17) is 10.1 Å². The number of aromatic nitrogens is 1. The van der Waals surface area contributed by atoms with Crippen molar-refractivity contribution < 1.29 is 0 Å². The summed E-state index contributed by atoms with van der Waals surface area (Å²) >= 11 is 0. The second kappa shape index (κ2) is 12.2. The molecule has 0 saturated heterocycles. The number of nitrogens with zero attached hydrogens (tertiary/aromatic N) is 5. The predicted octanol–water partition coefficient (Wildman–Crippen LogP) is 7.95. The number of fused-ring (bicyclic) bond motifs is 1. The van der Waals surface area contributed by atoms with Crippen LogP contribution in [0.25, 0.3) is 17.0 Å². The fourth-order valence-corrected chi connectivity index (χ4v) is 5.47. The molecule has 0 saturated carbocycles. The van der Waals surface area contributed by atoms with Crippen molar-refractivity contribution >= 4 is 39.9 Å². The van der Waals surface area contributed by atoms with Crippen molar-refractivity contribution in [2.45, 2.75) is 40.2 Å². The van der Waals surface area contributed by atoms with Crippen LogP contribution >= 0.6 is 0 Å². The molecule has 0 N–H and O–H groups in total. The van der Waals surface area contributed by atoms with Crippen LogP contribution < -0.4 is 14.8 Å². The van der Waals surface area contributed by atoms with Gasteiger partial charge in [0.05, 0.1) is 17.3 Å². The van der Waals surface area contributed by atoms with E-state index >= 15 is 0 Å². The minimum atomic E-state index is 0.0696. The third-order valence-electron chi connectivity index (χ3n) is 7.64. The normalized spacial score (nSPS) is 15.2. The fraction of sp³-hybridized carbons (Fsp3) is 0.294. The van der Waals surface area contributed by atoms with Gasteiger partial charge in [-0.05, 0) is 75.7 Å². The fourth-order valence-electron chi connectivity index (χ4n) is 5.47. The summed E-state index contributed by atoms with van der Waals surface area (Å²) in [5.74, 6) is 0.875. The molecule has 1 atom stereocenters. The highest BCUT2D eigenvalue weighted by molar-refractivity contribution is 6.01. The van der Waals surface area contributed by atoms with Crippen LogP contribution in [0.15, 0.2) is 96.1 Å². The maximum atomic E-state index is 5.14. The lowest BCUT2D eigenvalue weighted by molar-refractivity contribution is 0.694. The smallest absolute Gasteiger partial charge is 0.150 e. The Kier molecular flexibility index (Phi) is 8.26. The highest BCUT2D eigenvalue weighted by Crippen LogP contribution is 2.39. The van der Waals surface area contributed by atoms with Gasteiger partial charge in [0, 0.05) is 54.9 Å². The average molecular weight is 518 g/mol. The van der Waals surface area contributed by atoms with E-state index in [0.29, 0.717) is 0 Å². The maximum Gasteiger partial charge on any atom is 0.150 e. The van der Waals surface area contributed by atoms with Crippen LogP contribution in [-0.2, 0) is 0 Å². The molecule has 3 aromatic carbocycles. The molecule has 0 spiro atoms. The summed E-state index contributed by atoms with van der Waals surface area (Å²) in [6.45, 7) is 12.8. The van der Waals surface area contributed by atoms with E-state index in [1.54, 1.807) is 0 Å². The molecular weight excluding hydrogens is 478 g/mol. The lowest BCUT2D eigenvalue weighted by Crippen LogP contribution is -2.26. The van der Waals surface area contributed by atoms with E-state index in [1.165, 1.54) is 22.5 Å². The van der Waals surface area contributed by atoms with Gasteiger partial charge in [-0.3, -0.25) is 0 Å². The first kappa shape index (κ1) is 26.5. The molecule has 0 aliphatic carbocycles. The highest BCUT2D eigenvalue weighted by Gasteiger charge is 2.31. The zero-order valence-corrected chi connectivity index (χ0v) is 23.6. The Morgan fingerprint density at radius 2 is 1.44 bits per heavy atom. The number of rotatable bonds is 10. The molecule has 1 aromatic heterocycles. The van der Waals surface area contributed by atoms with Gasteiger partial charge in [-0.2, -0.15) is 5.10 Å². The minimum Gasteiger partial charge on any atom is -0.372 e. The van der Waals surface area contributed by atoms with E-state index in [2.05, 4.69) is 134 Å². The Bertz CT molecular complexity index is 1450. The monoisotopic (exact) mass is 517 g/mol. The third-order valence-corrected chi connectivity index (χ3v) is 7.64. The summed E-state index contributed by atoms with van der Waals surface area (Å²) in [5, 5.41) is 8.40. The summed E-state index contributed by atoms with van der Waals surface area (Å²) in [6.07, 6.45) is 5.16. The second-order valence-corrected chi connectivity index (χ2v) is 9.85. The molecule has 1 aliphatic heterocycles. The molecule has 200 valence electrons. The summed E-state index contributed by atoms with van der Waals surface area (Å²) < 4.78 is 0. The van der Waals surface area contributed by atoms with Crippen LogP contribution in [0.1, 0.15) is 51.3 Å². The molecule has 0 radical (unpaired) electrons. The quantitative estimate of drug-likeness (QED) is 0.214. The van der Waals surface area contributed by atoms with Crippen molar-refractivity contribution in [3.05, 3.63) is 102 Å². The van der Waals surface area contributed by atoms with Crippen LogP contribution in [0.3, 0.4) is 0 Å². The van der Waals surface area contributed by atoms with Crippen molar-refractivity contribution in [2.24, 2.45) is 5.10 Å². The summed E-state index contributed by atoms with van der Waals surface area (Å²) in [7, 11) is 0. The van der Waals surface area contributed by atoms with Gasteiger partial charge in [-0.15, -0.1) is 0 Å². The Morgan fingerprint density at radius 1 is 0.744 bits per heavy atom. The van der Waals surface area contributed by atoms with Crippen molar-refractivity contribution in [2.75, 3.05) is 41.0 Å². The number of hydrogen-bond donors (Lipinski definition) is 0. The Labute approximate surface area is 233 Å². The van der Waals surface area contributed by atoms with Crippen LogP contribution in [0.2, 0.25) is 0 Å². The summed E-state index contributed by atoms with van der Waals surface area (Å²) in [4.78, 5) is 9.80. The van der Waals surface area contributed by atoms with E-state index in [-0.39, 0.29) is 6.04 Å². The van der Waals surface area contributed by atoms with Gasteiger partial charge in [0.2, 0.25) is 0 Å². The molecule has 5 nitrogen and oxygen atoms in total. The van der Waals surface area contributed by atoms with Crippen molar-refractivity contribution in [3.8, 4) is 0 Å². The first-order valence-corrected chi connectivity index (χ1v) is 14.2. The predicted molar refractivity (Wildman–Crippen MR) is 168 cm³/mol. The topological polar surface area (TPSA) is 35.0 Å². The van der Waals surface area contributed by atoms with Gasteiger partial charge >= 0.3 is 0 Å².